The molecule has 1 aromatic carbocycles. The van der Waals surface area contributed by atoms with E-state index in [4.69, 9.17) is 4.74 Å². The summed E-state index contributed by atoms with van der Waals surface area (Å²) < 4.78 is 18.1. The summed E-state index contributed by atoms with van der Waals surface area (Å²) in [5, 5.41) is 0. The Hall–Kier alpha value is -1.23. The number of thioether (sulfide) groups is 1. The molecular formula is C12H14FNO2S. The summed E-state index contributed by atoms with van der Waals surface area (Å²) >= 11 is 1.84. The molecule has 17 heavy (non-hydrogen) atoms. The number of benzene rings is 1. The fourth-order valence-corrected chi connectivity index (χ4v) is 2.68. The van der Waals surface area contributed by atoms with Crippen LogP contribution in [0, 0.1) is 5.82 Å². The number of amides is 1. The van der Waals surface area contributed by atoms with Crippen LogP contribution >= 0.6 is 11.8 Å². The van der Waals surface area contributed by atoms with Crippen LogP contribution in [0.15, 0.2) is 18.2 Å². The molecule has 1 saturated heterocycles. The lowest BCUT2D eigenvalue weighted by atomic mass is 10.1. The van der Waals surface area contributed by atoms with E-state index in [2.05, 4.69) is 0 Å². The van der Waals surface area contributed by atoms with Crippen LogP contribution in [-0.2, 0) is 0 Å². The quantitative estimate of drug-likeness (QED) is 0.809. The molecular weight excluding hydrogens is 241 g/mol. The first-order chi connectivity index (χ1) is 8.22. The van der Waals surface area contributed by atoms with Crippen LogP contribution in [-0.4, -0.2) is 42.5 Å². The zero-order valence-electron chi connectivity index (χ0n) is 9.61. The van der Waals surface area contributed by atoms with Gasteiger partial charge in [-0.15, -0.1) is 0 Å². The molecule has 0 atom stereocenters. The number of hydrogen-bond acceptors (Lipinski definition) is 3. The Kier molecular flexibility index (Phi) is 3.89. The van der Waals surface area contributed by atoms with Gasteiger partial charge in [0.1, 0.15) is 11.6 Å². The molecule has 1 aliphatic heterocycles. The summed E-state index contributed by atoms with van der Waals surface area (Å²) in [5.74, 6) is 1.73. The van der Waals surface area contributed by atoms with Crippen molar-refractivity contribution in [2.24, 2.45) is 0 Å². The average molecular weight is 255 g/mol. The van der Waals surface area contributed by atoms with Gasteiger partial charge >= 0.3 is 0 Å². The predicted molar refractivity (Wildman–Crippen MR) is 66.2 cm³/mol. The molecule has 1 aromatic rings. The van der Waals surface area contributed by atoms with Crippen LogP contribution in [0.3, 0.4) is 0 Å². The highest BCUT2D eigenvalue weighted by Gasteiger charge is 2.21. The molecule has 5 heteroatoms. The Labute approximate surface area is 104 Å². The third-order valence-electron chi connectivity index (χ3n) is 2.69. The lowest BCUT2D eigenvalue weighted by Crippen LogP contribution is -2.38. The summed E-state index contributed by atoms with van der Waals surface area (Å²) in [6, 6.07) is 4.01. The third kappa shape index (κ3) is 2.72. The number of hydrogen-bond donors (Lipinski definition) is 0. The van der Waals surface area contributed by atoms with Crippen LogP contribution in [0.2, 0.25) is 0 Å². The number of nitrogens with zero attached hydrogens (tertiary/aromatic N) is 1. The van der Waals surface area contributed by atoms with Crippen molar-refractivity contribution >= 4 is 17.7 Å². The Bertz CT molecular complexity index is 419. The van der Waals surface area contributed by atoms with Crippen molar-refractivity contribution in [3.63, 3.8) is 0 Å². The minimum atomic E-state index is -0.396. The van der Waals surface area contributed by atoms with E-state index < -0.39 is 5.82 Å². The van der Waals surface area contributed by atoms with Crippen molar-refractivity contribution < 1.29 is 13.9 Å². The van der Waals surface area contributed by atoms with Crippen molar-refractivity contribution in [2.45, 2.75) is 0 Å². The topological polar surface area (TPSA) is 29.5 Å². The molecule has 1 heterocycles. The van der Waals surface area contributed by atoms with Crippen LogP contribution in [0.1, 0.15) is 10.4 Å². The molecule has 0 bridgehead atoms. The molecule has 2 rings (SSSR count). The van der Waals surface area contributed by atoms with E-state index >= 15 is 0 Å². The molecule has 0 aliphatic carbocycles. The van der Waals surface area contributed by atoms with Crippen molar-refractivity contribution in [2.75, 3.05) is 31.7 Å². The maximum Gasteiger partial charge on any atom is 0.257 e. The fourth-order valence-electron chi connectivity index (χ4n) is 1.78. The van der Waals surface area contributed by atoms with Crippen molar-refractivity contribution in [3.8, 4) is 5.75 Å². The molecule has 0 unspecified atom stereocenters. The third-order valence-corrected chi connectivity index (χ3v) is 3.63. The zero-order valence-corrected chi connectivity index (χ0v) is 10.4. The lowest BCUT2D eigenvalue weighted by molar-refractivity contribution is 0.0769. The first-order valence-corrected chi connectivity index (χ1v) is 6.58. The maximum absolute atomic E-state index is 13.0. The molecule has 3 nitrogen and oxygen atoms in total. The fraction of sp³-hybridized carbons (Fsp3) is 0.417. The normalized spacial score (nSPS) is 15.8. The molecule has 0 N–H and O–H groups in total. The first-order valence-electron chi connectivity index (χ1n) is 5.43. The van der Waals surface area contributed by atoms with Gasteiger partial charge in [-0.2, -0.15) is 11.8 Å². The number of rotatable bonds is 2. The molecule has 0 spiro atoms. The molecule has 1 fully saturated rings. The Morgan fingerprint density at radius 3 is 2.76 bits per heavy atom. The SMILES string of the molecule is COc1cc(F)ccc1C(=O)N1CCSCC1. The number of carbonyl (C=O) groups excluding carboxylic acids is 1. The highest BCUT2D eigenvalue weighted by Crippen LogP contribution is 2.22. The summed E-state index contributed by atoms with van der Waals surface area (Å²) in [7, 11) is 1.44. The molecule has 0 radical (unpaired) electrons. The van der Waals surface area contributed by atoms with E-state index in [1.807, 2.05) is 11.8 Å². The van der Waals surface area contributed by atoms with Crippen LogP contribution in [0.4, 0.5) is 4.39 Å². The number of halogens is 1. The largest absolute Gasteiger partial charge is 0.496 e. The van der Waals surface area contributed by atoms with E-state index in [0.29, 0.717) is 11.3 Å². The minimum absolute atomic E-state index is 0.0813. The molecule has 1 aliphatic rings. The first kappa shape index (κ1) is 12.2. The predicted octanol–water partition coefficient (Wildman–Crippen LogP) is 2.02. The number of methoxy groups -OCH3 is 1. The smallest absolute Gasteiger partial charge is 0.257 e. The highest BCUT2D eigenvalue weighted by atomic mass is 32.2. The van der Waals surface area contributed by atoms with E-state index in [-0.39, 0.29) is 5.91 Å². The van der Waals surface area contributed by atoms with Crippen LogP contribution in [0.5, 0.6) is 5.75 Å². The summed E-state index contributed by atoms with van der Waals surface area (Å²) in [4.78, 5) is 14.0. The standard InChI is InChI=1S/C12H14FNO2S/c1-16-11-8-9(13)2-3-10(11)12(15)14-4-6-17-7-5-14/h2-3,8H,4-7H2,1H3. The minimum Gasteiger partial charge on any atom is -0.496 e. The van der Waals surface area contributed by atoms with Crippen molar-refractivity contribution in [1.82, 2.24) is 4.90 Å². The lowest BCUT2D eigenvalue weighted by Gasteiger charge is -2.27. The van der Waals surface area contributed by atoms with Crippen LogP contribution in [0.25, 0.3) is 0 Å². The van der Waals surface area contributed by atoms with Gasteiger partial charge in [-0.05, 0) is 12.1 Å². The molecule has 0 aromatic heterocycles. The second-order valence-corrected chi connectivity index (χ2v) is 4.97. The summed E-state index contributed by atoms with van der Waals surface area (Å²) in [5.41, 5.74) is 0.431. The van der Waals surface area contributed by atoms with Gasteiger partial charge < -0.3 is 9.64 Å². The van der Waals surface area contributed by atoms with Gasteiger partial charge in [0.05, 0.1) is 12.7 Å². The Morgan fingerprint density at radius 1 is 1.41 bits per heavy atom. The number of ether oxygens (including phenoxy) is 1. The Morgan fingerprint density at radius 2 is 2.12 bits per heavy atom. The van der Waals surface area contributed by atoms with Crippen molar-refractivity contribution in [3.05, 3.63) is 29.6 Å². The van der Waals surface area contributed by atoms with Crippen LogP contribution < -0.4 is 4.74 Å². The molecule has 0 saturated carbocycles. The molecule has 92 valence electrons. The van der Waals surface area contributed by atoms with Gasteiger partial charge in [-0.3, -0.25) is 4.79 Å². The average Bonchev–Trinajstić information content (AvgIpc) is 2.39. The van der Waals surface area contributed by atoms with Gasteiger partial charge in [0.2, 0.25) is 0 Å². The second kappa shape index (κ2) is 5.40. The molecule has 1 amide bonds. The zero-order chi connectivity index (χ0) is 12.3. The van der Waals surface area contributed by atoms with E-state index in [1.165, 1.54) is 25.3 Å². The summed E-state index contributed by atoms with van der Waals surface area (Å²) in [6.45, 7) is 1.48. The van der Waals surface area contributed by atoms with E-state index in [0.717, 1.165) is 24.6 Å². The van der Waals surface area contributed by atoms with Gasteiger partial charge in [0.15, 0.2) is 0 Å². The van der Waals surface area contributed by atoms with Gasteiger partial charge in [-0.25, -0.2) is 4.39 Å². The van der Waals surface area contributed by atoms with Gasteiger partial charge in [0.25, 0.3) is 5.91 Å². The highest BCUT2D eigenvalue weighted by molar-refractivity contribution is 7.99. The monoisotopic (exact) mass is 255 g/mol. The van der Waals surface area contributed by atoms with Gasteiger partial charge in [-0.1, -0.05) is 0 Å². The second-order valence-electron chi connectivity index (χ2n) is 3.75. The van der Waals surface area contributed by atoms with Crippen molar-refractivity contribution in [1.29, 1.82) is 0 Å². The van der Waals surface area contributed by atoms with E-state index in [9.17, 15) is 9.18 Å². The van der Waals surface area contributed by atoms with Gasteiger partial charge in [0, 0.05) is 30.7 Å². The number of carbonyl (C=O) groups is 1. The van der Waals surface area contributed by atoms with E-state index in [1.54, 1.807) is 4.90 Å². The Balaban J connectivity index is 2.23. The summed E-state index contributed by atoms with van der Waals surface area (Å²) in [6.07, 6.45) is 0. The maximum atomic E-state index is 13.0.